The van der Waals surface area contributed by atoms with Gasteiger partial charge in [-0.05, 0) is 12.1 Å². The van der Waals surface area contributed by atoms with Crippen LogP contribution in [-0.4, -0.2) is 16.5 Å². The van der Waals surface area contributed by atoms with Crippen LogP contribution < -0.4 is 5.73 Å². The quantitative estimate of drug-likeness (QED) is 0.861. The fraction of sp³-hybridized carbons (Fsp3) is 0.250. The number of aromatic amines is 1. The number of hydrogen-bond donors (Lipinski definition) is 2. The largest absolute Gasteiger partial charge is 0.342 e. The van der Waals surface area contributed by atoms with E-state index in [1.165, 1.54) is 24.4 Å². The van der Waals surface area contributed by atoms with Gasteiger partial charge >= 0.3 is 0 Å². The highest BCUT2D eigenvalue weighted by molar-refractivity contribution is 5.60. The van der Waals surface area contributed by atoms with E-state index >= 15 is 0 Å². The van der Waals surface area contributed by atoms with Crippen LogP contribution in [0.2, 0.25) is 0 Å². The van der Waals surface area contributed by atoms with Gasteiger partial charge in [0.25, 0.3) is 0 Å². The van der Waals surface area contributed by atoms with Gasteiger partial charge in [-0.1, -0.05) is 13.0 Å². The molecule has 1 heterocycles. The summed E-state index contributed by atoms with van der Waals surface area (Å²) >= 11 is 0. The lowest BCUT2D eigenvalue weighted by Gasteiger charge is -2.04. The molecule has 0 fully saturated rings. The summed E-state index contributed by atoms with van der Waals surface area (Å²) in [5.74, 6) is -0.565. The first-order chi connectivity index (χ1) is 8.13. The van der Waals surface area contributed by atoms with Crippen LogP contribution in [0.1, 0.15) is 18.7 Å². The number of nitrogens with two attached hydrogens (primary N) is 1. The predicted molar refractivity (Wildman–Crippen MR) is 61.4 cm³/mol. The number of halogens is 2. The monoisotopic (exact) mass is 237 g/mol. The van der Waals surface area contributed by atoms with Crippen LogP contribution in [0.5, 0.6) is 0 Å². The zero-order chi connectivity index (χ0) is 12.4. The minimum absolute atomic E-state index is 0.0265. The molecule has 1 atom stereocenters. The maximum Gasteiger partial charge on any atom is 0.135 e. The van der Waals surface area contributed by atoms with E-state index in [-0.39, 0.29) is 11.5 Å². The molecule has 1 unspecified atom stereocenters. The number of imidazole rings is 1. The molecular weight excluding hydrogens is 224 g/mol. The number of aromatic nitrogens is 2. The first-order valence-electron chi connectivity index (χ1n) is 5.32. The lowest BCUT2D eigenvalue weighted by Crippen LogP contribution is -2.10. The average molecular weight is 237 g/mol. The first kappa shape index (κ1) is 11.7. The zero-order valence-corrected chi connectivity index (χ0v) is 9.37. The number of nitrogens with zero attached hydrogens (tertiary/aromatic N) is 1. The van der Waals surface area contributed by atoms with Crippen molar-refractivity contribution in [3.05, 3.63) is 41.9 Å². The summed E-state index contributed by atoms with van der Waals surface area (Å²) in [6.45, 7) is 2.31. The van der Waals surface area contributed by atoms with Gasteiger partial charge in [-0.25, -0.2) is 13.8 Å². The zero-order valence-electron chi connectivity index (χ0n) is 9.37. The van der Waals surface area contributed by atoms with Gasteiger partial charge in [0.15, 0.2) is 0 Å². The molecule has 0 aliphatic rings. The summed E-state index contributed by atoms with van der Waals surface area (Å²) < 4.78 is 27.0. The maximum absolute atomic E-state index is 13.5. The van der Waals surface area contributed by atoms with Crippen LogP contribution in [-0.2, 0) is 0 Å². The number of rotatable bonds is 3. The van der Waals surface area contributed by atoms with Gasteiger partial charge in [-0.3, -0.25) is 0 Å². The first-order valence-corrected chi connectivity index (χ1v) is 5.32. The summed E-state index contributed by atoms with van der Waals surface area (Å²) in [5, 5.41) is 0. The molecular formula is C12H13F2N3. The molecule has 1 aromatic heterocycles. The van der Waals surface area contributed by atoms with Gasteiger partial charge in [0, 0.05) is 12.5 Å². The second-order valence-electron chi connectivity index (χ2n) is 3.92. The van der Waals surface area contributed by atoms with Crippen molar-refractivity contribution >= 4 is 0 Å². The summed E-state index contributed by atoms with van der Waals surface area (Å²) in [5.41, 5.74) is 5.75. The van der Waals surface area contributed by atoms with Crippen LogP contribution in [0.25, 0.3) is 11.3 Å². The molecule has 0 aliphatic carbocycles. The third-order valence-corrected chi connectivity index (χ3v) is 2.65. The van der Waals surface area contributed by atoms with E-state index in [0.717, 1.165) is 0 Å². The Labute approximate surface area is 97.7 Å². The molecule has 0 aliphatic heterocycles. The normalized spacial score (nSPS) is 12.7. The molecule has 5 heteroatoms. The Bertz CT molecular complexity index is 502. The fourth-order valence-corrected chi connectivity index (χ4v) is 1.58. The third kappa shape index (κ3) is 2.19. The van der Waals surface area contributed by atoms with E-state index < -0.39 is 11.6 Å². The molecule has 0 saturated heterocycles. The molecule has 0 bridgehead atoms. The molecule has 2 rings (SSSR count). The van der Waals surface area contributed by atoms with Crippen LogP contribution in [0.15, 0.2) is 24.4 Å². The second-order valence-corrected chi connectivity index (χ2v) is 3.92. The highest BCUT2D eigenvalue weighted by atomic mass is 19.1. The number of hydrogen-bond acceptors (Lipinski definition) is 2. The van der Waals surface area contributed by atoms with Gasteiger partial charge in [-0.2, -0.15) is 0 Å². The Balaban J connectivity index is 2.44. The lowest BCUT2D eigenvalue weighted by molar-refractivity contribution is 0.588. The van der Waals surface area contributed by atoms with E-state index in [1.54, 1.807) is 0 Å². The highest BCUT2D eigenvalue weighted by Crippen LogP contribution is 2.25. The van der Waals surface area contributed by atoms with E-state index in [4.69, 9.17) is 5.73 Å². The summed E-state index contributed by atoms with van der Waals surface area (Å²) in [6.07, 6.45) is 1.42. The van der Waals surface area contributed by atoms with Crippen molar-refractivity contribution in [2.45, 2.75) is 12.8 Å². The summed E-state index contributed by atoms with van der Waals surface area (Å²) in [7, 11) is 0. The van der Waals surface area contributed by atoms with E-state index in [9.17, 15) is 8.78 Å². The molecule has 90 valence electrons. The van der Waals surface area contributed by atoms with Crippen LogP contribution in [0, 0.1) is 11.6 Å². The molecule has 2 aromatic rings. The van der Waals surface area contributed by atoms with Crippen molar-refractivity contribution in [3.63, 3.8) is 0 Å². The minimum atomic E-state index is -0.611. The molecule has 0 amide bonds. The highest BCUT2D eigenvalue weighted by Gasteiger charge is 2.15. The second kappa shape index (κ2) is 4.63. The fourth-order valence-electron chi connectivity index (χ4n) is 1.58. The smallest absolute Gasteiger partial charge is 0.135 e. The molecule has 0 spiro atoms. The molecule has 0 radical (unpaired) electrons. The Morgan fingerprint density at radius 2 is 2.00 bits per heavy atom. The lowest BCUT2D eigenvalue weighted by atomic mass is 10.1. The van der Waals surface area contributed by atoms with Gasteiger partial charge in [0.05, 0.1) is 17.5 Å². The van der Waals surface area contributed by atoms with Gasteiger partial charge in [0.2, 0.25) is 0 Å². The number of H-pyrrole nitrogens is 1. The number of nitrogens with one attached hydrogen (secondary N) is 1. The van der Waals surface area contributed by atoms with Crippen molar-refractivity contribution < 1.29 is 8.78 Å². The summed E-state index contributed by atoms with van der Waals surface area (Å²) in [4.78, 5) is 6.97. The molecule has 3 nitrogen and oxygen atoms in total. The summed E-state index contributed by atoms with van der Waals surface area (Å²) in [6, 6.07) is 3.75. The van der Waals surface area contributed by atoms with Gasteiger partial charge in [-0.15, -0.1) is 0 Å². The molecule has 17 heavy (non-hydrogen) atoms. The SMILES string of the molecule is CC(CN)c1ncc(-c2c(F)cccc2F)[nH]1. The Kier molecular flexibility index (Phi) is 3.19. The van der Waals surface area contributed by atoms with Crippen molar-refractivity contribution in [1.29, 1.82) is 0 Å². The van der Waals surface area contributed by atoms with Crippen LogP contribution in [0.4, 0.5) is 8.78 Å². The Hall–Kier alpha value is -1.75. The average Bonchev–Trinajstić information content (AvgIpc) is 2.77. The topological polar surface area (TPSA) is 54.7 Å². The van der Waals surface area contributed by atoms with Crippen LogP contribution in [0.3, 0.4) is 0 Å². The van der Waals surface area contributed by atoms with Crippen molar-refractivity contribution in [1.82, 2.24) is 9.97 Å². The minimum Gasteiger partial charge on any atom is -0.342 e. The molecule has 0 saturated carbocycles. The number of benzene rings is 1. The Morgan fingerprint density at radius 3 is 2.59 bits per heavy atom. The Morgan fingerprint density at radius 1 is 1.35 bits per heavy atom. The van der Waals surface area contributed by atoms with E-state index in [2.05, 4.69) is 9.97 Å². The predicted octanol–water partition coefficient (Wildman–Crippen LogP) is 2.42. The maximum atomic E-state index is 13.5. The van der Waals surface area contributed by atoms with Crippen molar-refractivity contribution in [2.75, 3.05) is 6.54 Å². The van der Waals surface area contributed by atoms with E-state index in [0.29, 0.717) is 18.1 Å². The van der Waals surface area contributed by atoms with Crippen molar-refractivity contribution in [3.8, 4) is 11.3 Å². The van der Waals surface area contributed by atoms with Gasteiger partial charge in [0.1, 0.15) is 17.5 Å². The van der Waals surface area contributed by atoms with Gasteiger partial charge < -0.3 is 10.7 Å². The molecule has 3 N–H and O–H groups in total. The standard InChI is InChI=1S/C12H13F2N3/c1-7(5-15)12-16-6-10(17-12)11-8(13)3-2-4-9(11)14/h2-4,6-7H,5,15H2,1H3,(H,16,17). The molecule has 1 aromatic carbocycles. The van der Waals surface area contributed by atoms with Crippen LogP contribution >= 0.6 is 0 Å². The van der Waals surface area contributed by atoms with Crippen molar-refractivity contribution in [2.24, 2.45) is 5.73 Å². The van der Waals surface area contributed by atoms with E-state index in [1.807, 2.05) is 6.92 Å². The third-order valence-electron chi connectivity index (χ3n) is 2.65.